The number of anilines is 1. The molecule has 0 aliphatic carbocycles. The highest BCUT2D eigenvalue weighted by atomic mass is 79.9. The second-order valence-corrected chi connectivity index (χ2v) is 6.13. The lowest BCUT2D eigenvalue weighted by Crippen LogP contribution is -2.36. The van der Waals surface area contributed by atoms with E-state index in [1.807, 2.05) is 45.0 Å². The van der Waals surface area contributed by atoms with Crippen LogP contribution in [0.25, 0.3) is 0 Å². The predicted octanol–water partition coefficient (Wildman–Crippen LogP) is 3.28. The Balaban J connectivity index is 2.29. The number of hydrogen-bond donors (Lipinski definition) is 0. The Morgan fingerprint density at radius 2 is 1.95 bits per heavy atom. The SMILES string of the molecule is CCN(C(=O)Cn1cc(C)cc(Br)c1=O)c1cccc(C)c1. The van der Waals surface area contributed by atoms with Gasteiger partial charge in [-0.05, 0) is 66.0 Å². The van der Waals surface area contributed by atoms with Crippen molar-refractivity contribution in [1.82, 2.24) is 4.57 Å². The van der Waals surface area contributed by atoms with E-state index in [1.54, 1.807) is 17.2 Å². The molecule has 116 valence electrons. The molecule has 0 atom stereocenters. The summed E-state index contributed by atoms with van der Waals surface area (Å²) in [5.74, 6) is -0.104. The van der Waals surface area contributed by atoms with E-state index in [0.29, 0.717) is 11.0 Å². The Bertz CT molecular complexity index is 753. The van der Waals surface area contributed by atoms with Gasteiger partial charge in [-0.15, -0.1) is 0 Å². The van der Waals surface area contributed by atoms with Crippen LogP contribution in [0.3, 0.4) is 0 Å². The average Bonchev–Trinajstić information content (AvgIpc) is 2.45. The second kappa shape index (κ2) is 6.92. The molecule has 0 bridgehead atoms. The highest BCUT2D eigenvalue weighted by molar-refractivity contribution is 9.10. The Morgan fingerprint density at radius 3 is 2.59 bits per heavy atom. The number of carbonyl (C=O) groups is 1. The molecule has 5 heteroatoms. The topological polar surface area (TPSA) is 42.3 Å². The number of halogens is 1. The quantitative estimate of drug-likeness (QED) is 0.837. The number of likely N-dealkylation sites (N-methyl/N-ethyl adjacent to an activating group) is 1. The molecular formula is C17H19BrN2O2. The second-order valence-electron chi connectivity index (χ2n) is 5.28. The standard InChI is InChI=1S/C17H19BrN2O2/c1-4-20(14-7-5-6-12(2)8-14)16(21)11-19-10-13(3)9-15(18)17(19)22/h5-10H,4,11H2,1-3H3. The van der Waals surface area contributed by atoms with Gasteiger partial charge in [0, 0.05) is 18.4 Å². The van der Waals surface area contributed by atoms with Crippen LogP contribution in [-0.2, 0) is 11.3 Å². The van der Waals surface area contributed by atoms with Gasteiger partial charge in [-0.25, -0.2) is 0 Å². The number of nitrogens with zero attached hydrogens (tertiary/aromatic N) is 2. The molecule has 0 saturated carbocycles. The number of benzene rings is 1. The molecule has 1 aromatic carbocycles. The van der Waals surface area contributed by atoms with E-state index in [1.165, 1.54) is 4.57 Å². The number of hydrogen-bond acceptors (Lipinski definition) is 2. The minimum Gasteiger partial charge on any atom is -0.311 e. The molecule has 2 rings (SSSR count). The molecule has 0 saturated heterocycles. The van der Waals surface area contributed by atoms with Crippen LogP contribution >= 0.6 is 15.9 Å². The highest BCUT2D eigenvalue weighted by Crippen LogP contribution is 2.16. The summed E-state index contributed by atoms with van der Waals surface area (Å²) in [5.41, 5.74) is 2.68. The van der Waals surface area contributed by atoms with E-state index in [-0.39, 0.29) is 18.0 Å². The maximum Gasteiger partial charge on any atom is 0.265 e. The van der Waals surface area contributed by atoms with Gasteiger partial charge in [-0.2, -0.15) is 0 Å². The van der Waals surface area contributed by atoms with E-state index in [9.17, 15) is 9.59 Å². The van der Waals surface area contributed by atoms with Crippen molar-refractivity contribution >= 4 is 27.5 Å². The van der Waals surface area contributed by atoms with Crippen LogP contribution < -0.4 is 10.5 Å². The molecule has 0 N–H and O–H groups in total. The first-order valence-electron chi connectivity index (χ1n) is 7.16. The molecule has 2 aromatic rings. The van der Waals surface area contributed by atoms with Crippen LogP contribution in [0.5, 0.6) is 0 Å². The minimum atomic E-state index is -0.195. The molecule has 0 aliphatic rings. The van der Waals surface area contributed by atoms with Crippen molar-refractivity contribution in [2.24, 2.45) is 0 Å². The summed E-state index contributed by atoms with van der Waals surface area (Å²) in [6.45, 7) is 6.40. The van der Waals surface area contributed by atoms with Gasteiger partial charge < -0.3 is 9.47 Å². The Morgan fingerprint density at radius 1 is 1.23 bits per heavy atom. The van der Waals surface area contributed by atoms with E-state index >= 15 is 0 Å². The fourth-order valence-electron chi connectivity index (χ4n) is 2.39. The molecule has 0 spiro atoms. The van der Waals surface area contributed by atoms with E-state index < -0.39 is 0 Å². The lowest BCUT2D eigenvalue weighted by molar-refractivity contribution is -0.119. The van der Waals surface area contributed by atoms with Crippen LogP contribution in [0, 0.1) is 13.8 Å². The number of pyridine rings is 1. The predicted molar refractivity (Wildman–Crippen MR) is 92.3 cm³/mol. The lowest BCUT2D eigenvalue weighted by atomic mass is 10.2. The summed E-state index contributed by atoms with van der Waals surface area (Å²) in [6.07, 6.45) is 1.70. The normalized spacial score (nSPS) is 10.5. The summed E-state index contributed by atoms with van der Waals surface area (Å²) in [4.78, 5) is 26.4. The average molecular weight is 363 g/mol. The summed E-state index contributed by atoms with van der Waals surface area (Å²) < 4.78 is 1.92. The summed E-state index contributed by atoms with van der Waals surface area (Å²) >= 11 is 3.24. The molecule has 1 heterocycles. The van der Waals surface area contributed by atoms with Crippen molar-refractivity contribution in [3.05, 3.63) is 62.5 Å². The Hall–Kier alpha value is -1.88. The molecule has 22 heavy (non-hydrogen) atoms. The summed E-state index contributed by atoms with van der Waals surface area (Å²) in [6, 6.07) is 9.54. The molecule has 1 amide bonds. The van der Waals surface area contributed by atoms with Crippen molar-refractivity contribution in [2.75, 3.05) is 11.4 Å². The smallest absolute Gasteiger partial charge is 0.265 e. The van der Waals surface area contributed by atoms with E-state index in [0.717, 1.165) is 16.8 Å². The molecule has 0 unspecified atom stereocenters. The van der Waals surface area contributed by atoms with E-state index in [4.69, 9.17) is 0 Å². The molecule has 4 nitrogen and oxygen atoms in total. The number of amides is 1. The third kappa shape index (κ3) is 3.65. The van der Waals surface area contributed by atoms with Gasteiger partial charge in [0.1, 0.15) is 6.54 Å². The van der Waals surface area contributed by atoms with Crippen LogP contribution in [0.4, 0.5) is 5.69 Å². The van der Waals surface area contributed by atoms with Crippen molar-refractivity contribution in [3.8, 4) is 0 Å². The van der Waals surface area contributed by atoms with Crippen molar-refractivity contribution < 1.29 is 4.79 Å². The zero-order valence-corrected chi connectivity index (χ0v) is 14.6. The molecule has 0 radical (unpaired) electrons. The van der Waals surface area contributed by atoms with Crippen molar-refractivity contribution in [1.29, 1.82) is 0 Å². The van der Waals surface area contributed by atoms with Crippen molar-refractivity contribution in [2.45, 2.75) is 27.3 Å². The summed E-state index contributed by atoms with van der Waals surface area (Å²) in [7, 11) is 0. The molecule has 1 aromatic heterocycles. The van der Waals surface area contributed by atoms with Gasteiger partial charge >= 0.3 is 0 Å². The van der Waals surface area contributed by atoms with Gasteiger partial charge in [0.2, 0.25) is 5.91 Å². The lowest BCUT2D eigenvalue weighted by Gasteiger charge is -2.22. The maximum absolute atomic E-state index is 12.6. The number of aromatic nitrogens is 1. The fourth-order valence-corrected chi connectivity index (χ4v) is 2.98. The number of carbonyl (C=O) groups excluding carboxylic acids is 1. The van der Waals surface area contributed by atoms with Crippen LogP contribution in [0.1, 0.15) is 18.1 Å². The first-order chi connectivity index (χ1) is 10.4. The highest BCUT2D eigenvalue weighted by Gasteiger charge is 2.15. The van der Waals surface area contributed by atoms with Gasteiger partial charge in [-0.1, -0.05) is 12.1 Å². The van der Waals surface area contributed by atoms with Gasteiger partial charge in [0.15, 0.2) is 0 Å². The van der Waals surface area contributed by atoms with Crippen LogP contribution in [0.2, 0.25) is 0 Å². The zero-order chi connectivity index (χ0) is 16.3. The molecular weight excluding hydrogens is 344 g/mol. The van der Waals surface area contributed by atoms with Gasteiger partial charge in [-0.3, -0.25) is 9.59 Å². The number of rotatable bonds is 4. The largest absolute Gasteiger partial charge is 0.311 e. The van der Waals surface area contributed by atoms with Crippen LogP contribution in [0.15, 0.2) is 45.8 Å². The molecule has 0 fully saturated rings. The van der Waals surface area contributed by atoms with Crippen LogP contribution in [-0.4, -0.2) is 17.0 Å². The Labute approximate surface area is 138 Å². The Kier molecular flexibility index (Phi) is 5.19. The third-order valence-electron chi connectivity index (χ3n) is 3.42. The minimum absolute atomic E-state index is 0.0287. The molecule has 0 aliphatic heterocycles. The maximum atomic E-state index is 12.6. The van der Waals surface area contributed by atoms with Crippen molar-refractivity contribution in [3.63, 3.8) is 0 Å². The fraction of sp³-hybridized carbons (Fsp3) is 0.294. The summed E-state index contributed by atoms with van der Waals surface area (Å²) in [5, 5.41) is 0. The monoisotopic (exact) mass is 362 g/mol. The first-order valence-corrected chi connectivity index (χ1v) is 7.95. The van der Waals surface area contributed by atoms with Gasteiger partial charge in [0.25, 0.3) is 5.56 Å². The zero-order valence-electron chi connectivity index (χ0n) is 13.0. The third-order valence-corrected chi connectivity index (χ3v) is 3.98. The van der Waals surface area contributed by atoms with Gasteiger partial charge in [0.05, 0.1) is 4.47 Å². The van der Waals surface area contributed by atoms with E-state index in [2.05, 4.69) is 15.9 Å². The first kappa shape index (κ1) is 16.5. The number of aryl methyl sites for hydroxylation is 2.